The van der Waals surface area contributed by atoms with Crippen LogP contribution in [0.4, 0.5) is 0 Å². The minimum absolute atomic E-state index is 0.114. The van der Waals surface area contributed by atoms with Crippen LogP contribution in [0.5, 0.6) is 5.75 Å². The Morgan fingerprint density at radius 1 is 1.40 bits per heavy atom. The molecule has 0 fully saturated rings. The number of fused-ring (bicyclic) bond motifs is 1. The van der Waals surface area contributed by atoms with E-state index in [4.69, 9.17) is 4.74 Å². The highest BCUT2D eigenvalue weighted by Gasteiger charge is 2.38. The molecule has 1 unspecified atom stereocenters. The van der Waals surface area contributed by atoms with Crippen LogP contribution in [0.2, 0.25) is 0 Å². The molecule has 1 aromatic carbocycles. The summed E-state index contributed by atoms with van der Waals surface area (Å²) in [5, 5.41) is 0. The zero-order valence-corrected chi connectivity index (χ0v) is 13.6. The monoisotopic (exact) mass is 297 g/mol. The van der Waals surface area contributed by atoms with E-state index in [9.17, 15) is 8.42 Å². The van der Waals surface area contributed by atoms with Gasteiger partial charge in [-0.1, -0.05) is 17.7 Å². The first-order chi connectivity index (χ1) is 9.16. The summed E-state index contributed by atoms with van der Waals surface area (Å²) in [5.74, 6) is 0.901. The van der Waals surface area contributed by atoms with E-state index in [-0.39, 0.29) is 17.4 Å². The molecule has 2 rings (SSSR count). The summed E-state index contributed by atoms with van der Waals surface area (Å²) in [6, 6.07) is 5.78. The van der Waals surface area contributed by atoms with Gasteiger partial charge in [0.2, 0.25) is 10.0 Å². The lowest BCUT2D eigenvalue weighted by Crippen LogP contribution is -2.42. The molecule has 0 aliphatic carbocycles. The maximum absolute atomic E-state index is 12.2. The number of hydrogen-bond acceptors (Lipinski definition) is 3. The maximum atomic E-state index is 12.2. The van der Waals surface area contributed by atoms with Crippen LogP contribution >= 0.6 is 0 Å². The summed E-state index contributed by atoms with van der Waals surface area (Å²) in [6.45, 7) is 7.67. The van der Waals surface area contributed by atoms with E-state index < -0.39 is 10.0 Å². The van der Waals surface area contributed by atoms with Crippen LogP contribution in [-0.4, -0.2) is 31.1 Å². The molecule has 1 aliphatic heterocycles. The van der Waals surface area contributed by atoms with Crippen molar-refractivity contribution in [3.8, 4) is 5.75 Å². The van der Waals surface area contributed by atoms with Gasteiger partial charge in [0.15, 0.2) is 0 Å². The van der Waals surface area contributed by atoms with Gasteiger partial charge in [-0.2, -0.15) is 4.31 Å². The van der Waals surface area contributed by atoms with Crippen molar-refractivity contribution >= 4 is 10.0 Å². The predicted octanol–water partition coefficient (Wildman–Crippen LogP) is 2.88. The first-order valence-corrected chi connectivity index (χ1v) is 8.52. The molecule has 0 amide bonds. The molecule has 1 aliphatic rings. The zero-order chi connectivity index (χ0) is 15.1. The first-order valence-electron chi connectivity index (χ1n) is 6.91. The van der Waals surface area contributed by atoms with Crippen molar-refractivity contribution in [1.29, 1.82) is 0 Å². The lowest BCUT2D eigenvalue weighted by atomic mass is 9.89. The Hall–Kier alpha value is -1.07. The average Bonchev–Trinajstić information content (AvgIpc) is 2.37. The Kier molecular flexibility index (Phi) is 3.86. The van der Waals surface area contributed by atoms with Crippen molar-refractivity contribution in [1.82, 2.24) is 4.31 Å². The molecule has 1 heterocycles. The topological polar surface area (TPSA) is 46.6 Å². The van der Waals surface area contributed by atoms with E-state index >= 15 is 0 Å². The van der Waals surface area contributed by atoms with Crippen LogP contribution in [-0.2, 0) is 10.0 Å². The first kappa shape index (κ1) is 15.3. The highest BCUT2D eigenvalue weighted by molar-refractivity contribution is 7.89. The molecule has 0 N–H and O–H groups in total. The van der Waals surface area contributed by atoms with Gasteiger partial charge < -0.3 is 4.74 Å². The average molecular weight is 297 g/mol. The smallest absolute Gasteiger partial charge is 0.214 e. The molecule has 0 saturated heterocycles. The molecular weight excluding hydrogens is 274 g/mol. The normalized spacial score (nSPS) is 21.4. The molecule has 4 nitrogen and oxygen atoms in total. The van der Waals surface area contributed by atoms with Crippen molar-refractivity contribution in [3.05, 3.63) is 29.3 Å². The number of hydrogen-bond donors (Lipinski definition) is 0. The van der Waals surface area contributed by atoms with Gasteiger partial charge in [-0.15, -0.1) is 0 Å². The molecule has 0 radical (unpaired) electrons. The third-order valence-corrected chi connectivity index (χ3v) is 5.70. The van der Waals surface area contributed by atoms with Gasteiger partial charge >= 0.3 is 0 Å². The molecule has 0 spiro atoms. The molecule has 20 heavy (non-hydrogen) atoms. The van der Waals surface area contributed by atoms with E-state index in [2.05, 4.69) is 0 Å². The standard InChI is InChI=1S/C15H23NO3S/c1-6-20(17,18)16(5)13-10-15(3,4)19-14-8-7-11(2)9-12(13)14/h7-9,13H,6,10H2,1-5H3. The van der Waals surface area contributed by atoms with E-state index in [1.165, 1.54) is 4.31 Å². The summed E-state index contributed by atoms with van der Waals surface area (Å²) in [7, 11) is -1.56. The fraction of sp³-hybridized carbons (Fsp3) is 0.600. The largest absolute Gasteiger partial charge is 0.487 e. The van der Waals surface area contributed by atoms with Crippen LogP contribution in [0.1, 0.15) is 44.4 Å². The Bertz CT molecular complexity index is 608. The van der Waals surface area contributed by atoms with Gasteiger partial charge in [-0.05, 0) is 33.8 Å². The number of sulfonamides is 1. The van der Waals surface area contributed by atoms with Crippen molar-refractivity contribution in [2.45, 2.75) is 45.8 Å². The van der Waals surface area contributed by atoms with Gasteiger partial charge in [-0.25, -0.2) is 8.42 Å². The third kappa shape index (κ3) is 2.83. The maximum Gasteiger partial charge on any atom is 0.214 e. The lowest BCUT2D eigenvalue weighted by molar-refractivity contribution is 0.0541. The molecule has 1 atom stereocenters. The Balaban J connectivity index is 2.51. The fourth-order valence-corrected chi connectivity index (χ4v) is 3.64. The summed E-state index contributed by atoms with van der Waals surface area (Å²) in [6.07, 6.45) is 0.652. The highest BCUT2D eigenvalue weighted by atomic mass is 32.2. The summed E-state index contributed by atoms with van der Waals surface area (Å²) < 4.78 is 31.9. The number of nitrogens with zero attached hydrogens (tertiary/aromatic N) is 1. The second kappa shape index (κ2) is 5.04. The van der Waals surface area contributed by atoms with Gasteiger partial charge in [-0.3, -0.25) is 0 Å². The second-order valence-electron chi connectivity index (χ2n) is 6.04. The minimum Gasteiger partial charge on any atom is -0.487 e. The Morgan fingerprint density at radius 3 is 2.65 bits per heavy atom. The van der Waals surface area contributed by atoms with Crippen LogP contribution in [0.15, 0.2) is 18.2 Å². The minimum atomic E-state index is -3.23. The lowest BCUT2D eigenvalue weighted by Gasteiger charge is -2.40. The number of rotatable bonds is 3. The molecule has 112 valence electrons. The molecule has 0 aromatic heterocycles. The molecular formula is C15H23NO3S. The Labute approximate surface area is 121 Å². The van der Waals surface area contributed by atoms with Crippen LogP contribution in [0.3, 0.4) is 0 Å². The highest BCUT2D eigenvalue weighted by Crippen LogP contribution is 2.43. The van der Waals surface area contributed by atoms with Gasteiger partial charge in [0, 0.05) is 19.0 Å². The van der Waals surface area contributed by atoms with Crippen molar-refractivity contribution < 1.29 is 13.2 Å². The van der Waals surface area contributed by atoms with Crippen molar-refractivity contribution in [2.24, 2.45) is 0 Å². The van der Waals surface area contributed by atoms with E-state index in [1.54, 1.807) is 14.0 Å². The number of aryl methyl sites for hydroxylation is 1. The Morgan fingerprint density at radius 2 is 2.05 bits per heavy atom. The summed E-state index contributed by atoms with van der Waals surface area (Å²) in [4.78, 5) is 0. The summed E-state index contributed by atoms with van der Waals surface area (Å²) >= 11 is 0. The molecule has 1 aromatic rings. The summed E-state index contributed by atoms with van der Waals surface area (Å²) in [5.41, 5.74) is 1.70. The molecule has 0 saturated carbocycles. The third-order valence-electron chi connectivity index (χ3n) is 3.84. The predicted molar refractivity (Wildman–Crippen MR) is 80.5 cm³/mol. The van der Waals surface area contributed by atoms with Crippen LogP contribution in [0, 0.1) is 6.92 Å². The van der Waals surface area contributed by atoms with Crippen LogP contribution in [0.25, 0.3) is 0 Å². The SMILES string of the molecule is CCS(=O)(=O)N(C)C1CC(C)(C)Oc2ccc(C)cc21. The van der Waals surface area contributed by atoms with Crippen molar-refractivity contribution in [2.75, 3.05) is 12.8 Å². The molecule has 5 heteroatoms. The van der Waals surface area contributed by atoms with Gasteiger partial charge in [0.05, 0.1) is 11.8 Å². The quantitative estimate of drug-likeness (QED) is 0.862. The van der Waals surface area contributed by atoms with Gasteiger partial charge in [0.1, 0.15) is 11.4 Å². The number of ether oxygens (including phenoxy) is 1. The van der Waals surface area contributed by atoms with E-state index in [0.717, 1.165) is 16.9 Å². The number of benzene rings is 1. The van der Waals surface area contributed by atoms with E-state index in [1.807, 2.05) is 39.0 Å². The van der Waals surface area contributed by atoms with Crippen LogP contribution < -0.4 is 4.74 Å². The van der Waals surface area contributed by atoms with E-state index in [0.29, 0.717) is 6.42 Å². The van der Waals surface area contributed by atoms with Gasteiger partial charge in [0.25, 0.3) is 0 Å². The van der Waals surface area contributed by atoms with Crippen molar-refractivity contribution in [3.63, 3.8) is 0 Å². The fourth-order valence-electron chi connectivity index (χ4n) is 2.66. The molecule has 0 bridgehead atoms. The second-order valence-corrected chi connectivity index (χ2v) is 8.36. The zero-order valence-electron chi connectivity index (χ0n) is 12.8.